The number of amides is 1. The van der Waals surface area contributed by atoms with E-state index in [0.717, 1.165) is 32.1 Å². The second kappa shape index (κ2) is 8.26. The number of ether oxygens (including phenoxy) is 2. The molecule has 0 bridgehead atoms. The van der Waals surface area contributed by atoms with Gasteiger partial charge in [-0.15, -0.1) is 0 Å². The number of rotatable bonds is 7. The van der Waals surface area contributed by atoms with Gasteiger partial charge in [-0.25, -0.2) is 0 Å². The van der Waals surface area contributed by atoms with Gasteiger partial charge in [-0.2, -0.15) is 0 Å². The van der Waals surface area contributed by atoms with Crippen molar-refractivity contribution >= 4 is 23.6 Å². The van der Waals surface area contributed by atoms with E-state index in [1.165, 1.54) is 13.8 Å². The van der Waals surface area contributed by atoms with Gasteiger partial charge in [0.15, 0.2) is 11.2 Å². The van der Waals surface area contributed by atoms with Crippen LogP contribution in [0.15, 0.2) is 24.3 Å². The minimum atomic E-state index is -1.69. The first-order valence-corrected chi connectivity index (χ1v) is 12.0. The topological polar surface area (TPSA) is 98.8 Å². The molecule has 0 spiro atoms. The Morgan fingerprint density at radius 2 is 1.79 bits per heavy atom. The van der Waals surface area contributed by atoms with Crippen molar-refractivity contribution in [1.82, 2.24) is 5.32 Å². The first-order chi connectivity index (χ1) is 15.7. The highest BCUT2D eigenvalue weighted by atomic mass is 16.5. The van der Waals surface area contributed by atoms with Gasteiger partial charge in [0, 0.05) is 17.5 Å². The van der Waals surface area contributed by atoms with Crippen molar-refractivity contribution in [3.8, 4) is 5.75 Å². The molecule has 178 valence electrons. The molecular weight excluding hydrogens is 422 g/mol. The lowest BCUT2D eigenvalue weighted by molar-refractivity contribution is -0.163. The number of hydrogen-bond acceptors (Lipinski definition) is 6. The van der Waals surface area contributed by atoms with E-state index in [4.69, 9.17) is 9.47 Å². The number of Topliss-reactive ketones (excluding diaryl/α,β-unsaturated/α-hetero) is 1. The van der Waals surface area contributed by atoms with Crippen molar-refractivity contribution in [3.05, 3.63) is 29.8 Å². The number of ketones is 1. The summed E-state index contributed by atoms with van der Waals surface area (Å²) in [6.07, 6.45) is 5.07. The molecule has 1 N–H and O–H groups in total. The minimum absolute atomic E-state index is 0.0328. The maximum atomic E-state index is 14.1. The lowest BCUT2D eigenvalue weighted by Crippen LogP contribution is -2.51. The minimum Gasteiger partial charge on any atom is -0.465 e. The van der Waals surface area contributed by atoms with Gasteiger partial charge in [-0.3, -0.25) is 19.2 Å². The van der Waals surface area contributed by atoms with Crippen LogP contribution in [0.2, 0.25) is 0 Å². The number of benzene rings is 1. The molecule has 7 nitrogen and oxygen atoms in total. The highest BCUT2D eigenvalue weighted by molar-refractivity contribution is 6.21. The van der Waals surface area contributed by atoms with Crippen molar-refractivity contribution in [2.45, 2.75) is 78.2 Å². The van der Waals surface area contributed by atoms with Crippen LogP contribution in [-0.4, -0.2) is 36.3 Å². The molecule has 1 aromatic carbocycles. The fraction of sp³-hybridized carbons (Fsp3) is 0.615. The van der Waals surface area contributed by atoms with Crippen molar-refractivity contribution in [1.29, 1.82) is 0 Å². The predicted molar refractivity (Wildman–Crippen MR) is 120 cm³/mol. The lowest BCUT2D eigenvalue weighted by atomic mass is 9.73. The van der Waals surface area contributed by atoms with E-state index in [0.29, 0.717) is 11.3 Å². The molecule has 0 radical (unpaired) electrons. The van der Waals surface area contributed by atoms with Gasteiger partial charge in [0.05, 0.1) is 12.0 Å². The molecule has 3 unspecified atom stereocenters. The Kier molecular flexibility index (Phi) is 5.87. The molecule has 33 heavy (non-hydrogen) atoms. The summed E-state index contributed by atoms with van der Waals surface area (Å²) in [5.41, 5.74) is -3.93. The van der Waals surface area contributed by atoms with Crippen LogP contribution in [0.5, 0.6) is 5.75 Å². The molecule has 0 aromatic heterocycles. The Morgan fingerprint density at radius 3 is 2.42 bits per heavy atom. The predicted octanol–water partition coefficient (Wildman–Crippen LogP) is 3.69. The number of hydrogen-bond donors (Lipinski definition) is 1. The SMILES string of the molecule is CCOC(=O)C(C)(C)C(=O)C1(CC)C2c3ccccc3OC(=O)C21C(=O)NC1CCCCC1. The molecule has 1 aliphatic heterocycles. The smallest absolute Gasteiger partial charge is 0.328 e. The summed E-state index contributed by atoms with van der Waals surface area (Å²) in [5, 5.41) is 3.07. The van der Waals surface area contributed by atoms with E-state index in [-0.39, 0.29) is 19.1 Å². The molecular formula is C26H33NO6. The van der Waals surface area contributed by atoms with Gasteiger partial charge in [0.25, 0.3) is 0 Å². The Morgan fingerprint density at radius 1 is 1.12 bits per heavy atom. The van der Waals surface area contributed by atoms with Gasteiger partial charge >= 0.3 is 11.9 Å². The fourth-order valence-corrected chi connectivity index (χ4v) is 6.21. The van der Waals surface area contributed by atoms with Crippen LogP contribution in [0.3, 0.4) is 0 Å². The lowest BCUT2D eigenvalue weighted by Gasteiger charge is -2.30. The standard InChI is InChI=1S/C26H33NO6/c1-5-25(20(28)24(3,4)22(30)32-6-2)19-17-14-10-11-15-18(17)33-23(31)26(19,25)21(29)27-16-12-8-7-9-13-16/h10-11,14-16,19H,5-9,12-13H2,1-4H3,(H,27,29). The van der Waals surface area contributed by atoms with Crippen LogP contribution in [0, 0.1) is 16.2 Å². The Bertz CT molecular complexity index is 994. The molecule has 4 rings (SSSR count). The molecule has 1 amide bonds. The fourth-order valence-electron chi connectivity index (χ4n) is 6.21. The van der Waals surface area contributed by atoms with Crippen LogP contribution >= 0.6 is 0 Å². The molecule has 2 aliphatic carbocycles. The third-order valence-electron chi connectivity index (χ3n) is 7.92. The number of fused-ring (bicyclic) bond motifs is 3. The molecule has 1 aromatic rings. The second-order valence-electron chi connectivity index (χ2n) is 9.98. The van der Waals surface area contributed by atoms with Gasteiger partial charge in [-0.05, 0) is 46.1 Å². The third kappa shape index (κ3) is 3.15. The van der Waals surface area contributed by atoms with E-state index < -0.39 is 45.8 Å². The second-order valence-corrected chi connectivity index (χ2v) is 9.98. The zero-order valence-corrected chi connectivity index (χ0v) is 19.9. The number of esters is 2. The normalized spacial score (nSPS) is 28.7. The van der Waals surface area contributed by atoms with E-state index in [1.807, 2.05) is 6.07 Å². The summed E-state index contributed by atoms with van der Waals surface area (Å²) in [6.45, 7) is 6.63. The Balaban J connectivity index is 1.82. The van der Waals surface area contributed by atoms with Crippen LogP contribution in [0.25, 0.3) is 0 Å². The summed E-state index contributed by atoms with van der Waals surface area (Å²) < 4.78 is 10.8. The van der Waals surface area contributed by atoms with Crippen molar-refractivity contribution < 1.29 is 28.7 Å². The number of para-hydroxylation sites is 1. The highest BCUT2D eigenvalue weighted by Gasteiger charge is 2.90. The summed E-state index contributed by atoms with van der Waals surface area (Å²) >= 11 is 0. The molecule has 3 atom stereocenters. The Labute approximate surface area is 194 Å². The Hall–Kier alpha value is -2.70. The quantitative estimate of drug-likeness (QED) is 0.382. The monoisotopic (exact) mass is 455 g/mol. The maximum absolute atomic E-state index is 14.1. The molecule has 2 saturated carbocycles. The summed E-state index contributed by atoms with van der Waals surface area (Å²) in [4.78, 5) is 54.3. The van der Waals surface area contributed by atoms with Crippen LogP contribution in [-0.2, 0) is 23.9 Å². The number of carbonyl (C=O) groups excluding carboxylic acids is 4. The van der Waals surface area contributed by atoms with Crippen molar-refractivity contribution in [2.75, 3.05) is 6.61 Å². The van der Waals surface area contributed by atoms with Crippen molar-refractivity contribution in [2.24, 2.45) is 16.2 Å². The van der Waals surface area contributed by atoms with Crippen LogP contribution in [0.4, 0.5) is 0 Å². The van der Waals surface area contributed by atoms with Crippen molar-refractivity contribution in [3.63, 3.8) is 0 Å². The van der Waals surface area contributed by atoms with Crippen LogP contribution < -0.4 is 10.1 Å². The third-order valence-corrected chi connectivity index (χ3v) is 7.92. The van der Waals surface area contributed by atoms with Gasteiger partial charge < -0.3 is 14.8 Å². The first-order valence-electron chi connectivity index (χ1n) is 12.0. The van der Waals surface area contributed by atoms with Gasteiger partial charge in [0.1, 0.15) is 11.2 Å². The van der Waals surface area contributed by atoms with E-state index in [2.05, 4.69) is 5.32 Å². The van der Waals surface area contributed by atoms with Gasteiger partial charge in [-0.1, -0.05) is 44.4 Å². The molecule has 3 aliphatic rings. The number of carbonyl (C=O) groups is 4. The molecule has 2 fully saturated rings. The van der Waals surface area contributed by atoms with Crippen LogP contribution in [0.1, 0.15) is 77.7 Å². The zero-order valence-electron chi connectivity index (χ0n) is 19.9. The molecule has 1 heterocycles. The summed E-state index contributed by atoms with van der Waals surface area (Å²) in [7, 11) is 0. The highest BCUT2D eigenvalue weighted by Crippen LogP contribution is 2.80. The van der Waals surface area contributed by atoms with Gasteiger partial charge in [0.2, 0.25) is 5.91 Å². The largest absolute Gasteiger partial charge is 0.465 e. The first kappa shape index (κ1) is 23.5. The summed E-state index contributed by atoms with van der Waals surface area (Å²) in [6, 6.07) is 7.01. The zero-order chi connectivity index (χ0) is 24.0. The summed E-state index contributed by atoms with van der Waals surface area (Å²) in [5.74, 6) is -2.60. The molecule has 0 saturated heterocycles. The molecule has 7 heteroatoms. The maximum Gasteiger partial charge on any atom is 0.328 e. The van der Waals surface area contributed by atoms with E-state index >= 15 is 0 Å². The average Bonchev–Trinajstić information content (AvgIpc) is 3.46. The average molecular weight is 456 g/mol. The van der Waals surface area contributed by atoms with E-state index in [9.17, 15) is 19.2 Å². The van der Waals surface area contributed by atoms with E-state index in [1.54, 1.807) is 32.0 Å². The number of nitrogens with one attached hydrogen (secondary N) is 1.